The highest BCUT2D eigenvalue weighted by Gasteiger charge is 2.17. The van der Waals surface area contributed by atoms with Crippen LogP contribution in [0, 0.1) is 0 Å². The van der Waals surface area contributed by atoms with E-state index in [0.29, 0.717) is 38.9 Å². The van der Waals surface area contributed by atoms with Gasteiger partial charge in [-0.15, -0.1) is 12.4 Å². The molecule has 4 heterocycles. The van der Waals surface area contributed by atoms with Gasteiger partial charge in [-0.3, -0.25) is 0 Å². The largest absolute Gasteiger partial charge is 0.387 e. The highest BCUT2D eigenvalue weighted by atomic mass is 79.9. The molecule has 0 fully saturated rings. The second kappa shape index (κ2) is 24.5. The smallest absolute Gasteiger partial charge is 0.201 e. The van der Waals surface area contributed by atoms with E-state index in [-0.39, 0.29) is 39.8 Å². The standard InChI is InChI=1S/C13H19N3O2.C10H8N2.C8H8N2.C6H13BrO2.2CH4.ClH/c1-3-17-12(18-4-2)9-16-11-8-6-5-7-10(11)15-13(16)14;1-2-4-9-8(3-1)7-10-11-5-6-12(9)10;9-8-5-6-3-1-2-4-7(6)10-8;1-3-8-6(5-7)9-4-2;;;/h5-8,12H,3-4,9H2,1-2H3,(H2,14,15);1-6H,7H2;1-4H,5H2,(H2,9,10);6H,3-5H2,1-2H3;2*1H4;1H. The molecular weight excluding hydrogens is 746 g/mol. The molecule has 286 valence electrons. The molecule has 3 aromatic carbocycles. The van der Waals surface area contributed by atoms with Crippen LogP contribution in [0.15, 0.2) is 90.2 Å². The normalized spacial score (nSPS) is 11.6. The number of ether oxygens (including phenoxy) is 4. The Kier molecular flexibility index (Phi) is 21.8. The van der Waals surface area contributed by atoms with Gasteiger partial charge in [0.1, 0.15) is 11.7 Å². The molecule has 4 N–H and O–H groups in total. The molecule has 2 aromatic heterocycles. The maximum atomic E-state index is 5.93. The molecule has 0 saturated carbocycles. The summed E-state index contributed by atoms with van der Waals surface area (Å²) in [6.45, 7) is 11.0. The van der Waals surface area contributed by atoms with Gasteiger partial charge in [-0.1, -0.05) is 79.3 Å². The lowest BCUT2D eigenvalue weighted by Gasteiger charge is -2.18. The van der Waals surface area contributed by atoms with Crippen LogP contribution in [-0.2, 0) is 38.3 Å². The molecule has 0 spiro atoms. The van der Waals surface area contributed by atoms with Gasteiger partial charge < -0.3 is 39.5 Å². The fourth-order valence-corrected chi connectivity index (χ4v) is 5.75. The lowest BCUT2D eigenvalue weighted by Crippen LogP contribution is -2.24. The molecule has 0 bridgehead atoms. The zero-order chi connectivity index (χ0) is 35.0. The predicted molar refractivity (Wildman–Crippen MR) is 221 cm³/mol. The molecule has 5 aromatic rings. The number of benzene rings is 3. The number of nitrogen functional groups attached to an aromatic ring is 1. The van der Waals surface area contributed by atoms with E-state index in [1.54, 1.807) is 0 Å². The Morgan fingerprint density at radius 3 is 1.96 bits per heavy atom. The van der Waals surface area contributed by atoms with E-state index in [1.807, 2.05) is 87.1 Å². The van der Waals surface area contributed by atoms with Crippen LogP contribution >= 0.6 is 28.3 Å². The van der Waals surface area contributed by atoms with Gasteiger partial charge in [-0.25, -0.2) is 15.0 Å². The summed E-state index contributed by atoms with van der Waals surface area (Å²) < 4.78 is 25.5. The monoisotopic (exact) mass is 801 g/mol. The molecule has 0 amide bonds. The summed E-state index contributed by atoms with van der Waals surface area (Å²) in [6.07, 6.45) is 5.30. The summed E-state index contributed by atoms with van der Waals surface area (Å²) >= 11 is 3.27. The molecule has 7 rings (SSSR count). The number of nitrogens with two attached hydrogens (primary N) is 2. The van der Waals surface area contributed by atoms with Crippen molar-refractivity contribution in [1.29, 1.82) is 0 Å². The first-order chi connectivity index (χ1) is 23.9. The van der Waals surface area contributed by atoms with E-state index >= 15 is 0 Å². The summed E-state index contributed by atoms with van der Waals surface area (Å²) in [6, 6.07) is 24.3. The predicted octanol–water partition coefficient (Wildman–Crippen LogP) is 8.50. The number of nitrogens with zero attached hydrogens (tertiary/aromatic N) is 5. The van der Waals surface area contributed by atoms with Crippen molar-refractivity contribution in [2.45, 2.75) is 74.5 Å². The van der Waals surface area contributed by atoms with Crippen molar-refractivity contribution in [2.75, 3.05) is 37.5 Å². The lowest BCUT2D eigenvalue weighted by molar-refractivity contribution is -0.142. The minimum Gasteiger partial charge on any atom is -0.387 e. The number of anilines is 1. The second-order valence-electron chi connectivity index (χ2n) is 10.8. The molecule has 0 radical (unpaired) electrons. The Balaban J connectivity index is 0.000000353. The second-order valence-corrected chi connectivity index (χ2v) is 11.5. The first-order valence-electron chi connectivity index (χ1n) is 16.7. The van der Waals surface area contributed by atoms with Crippen LogP contribution in [0.5, 0.6) is 0 Å². The van der Waals surface area contributed by atoms with Crippen molar-refractivity contribution in [3.63, 3.8) is 0 Å². The number of amidine groups is 1. The van der Waals surface area contributed by atoms with Gasteiger partial charge >= 0.3 is 0 Å². The Morgan fingerprint density at radius 2 is 1.33 bits per heavy atom. The number of para-hydroxylation sites is 4. The van der Waals surface area contributed by atoms with Crippen LogP contribution in [-0.4, -0.2) is 69.3 Å². The third-order valence-electron chi connectivity index (χ3n) is 7.50. The summed E-state index contributed by atoms with van der Waals surface area (Å²) in [4.78, 5) is 12.7. The molecule has 0 atom stereocenters. The van der Waals surface area contributed by atoms with Crippen molar-refractivity contribution >= 4 is 56.8 Å². The van der Waals surface area contributed by atoms with Gasteiger partial charge in [-0.2, -0.15) is 0 Å². The van der Waals surface area contributed by atoms with Crippen LogP contribution in [0.25, 0.3) is 16.7 Å². The van der Waals surface area contributed by atoms with E-state index in [0.717, 1.165) is 46.6 Å². The first kappa shape index (κ1) is 46.2. The number of halogens is 2. The molecule has 2 aliphatic heterocycles. The van der Waals surface area contributed by atoms with E-state index in [1.165, 1.54) is 16.8 Å². The van der Waals surface area contributed by atoms with Gasteiger partial charge in [0.15, 0.2) is 12.6 Å². The van der Waals surface area contributed by atoms with E-state index in [9.17, 15) is 0 Å². The van der Waals surface area contributed by atoms with Gasteiger partial charge in [0.05, 0.1) is 34.3 Å². The number of aromatic nitrogens is 4. The van der Waals surface area contributed by atoms with Gasteiger partial charge in [-0.05, 0) is 63.1 Å². The molecule has 11 nitrogen and oxygen atoms in total. The van der Waals surface area contributed by atoms with Crippen molar-refractivity contribution in [1.82, 2.24) is 19.1 Å². The van der Waals surface area contributed by atoms with Gasteiger partial charge in [0, 0.05) is 51.7 Å². The molecule has 13 heteroatoms. The number of aliphatic imine (C=N–C) groups is 1. The SMILES string of the molecule is C.C.CCOC(CBr)OCC.CCOC(Cn1c(N)nc2ccccc21)OCC.Cl.NC1=Nc2ccccc2C1.c1ccc2c(c1)Cc1nccn1-2. The van der Waals surface area contributed by atoms with Crippen LogP contribution in [0.4, 0.5) is 11.6 Å². The van der Waals surface area contributed by atoms with E-state index < -0.39 is 0 Å². The molecular formula is C39H57BrClN7O4. The molecule has 0 saturated heterocycles. The van der Waals surface area contributed by atoms with Crippen LogP contribution in [0.2, 0.25) is 0 Å². The number of rotatable bonds is 11. The maximum Gasteiger partial charge on any atom is 0.201 e. The van der Waals surface area contributed by atoms with Gasteiger partial charge in [0.25, 0.3) is 0 Å². The molecule has 0 unspecified atom stereocenters. The van der Waals surface area contributed by atoms with Crippen molar-refractivity contribution in [3.05, 3.63) is 102 Å². The lowest BCUT2D eigenvalue weighted by atomic mass is 10.1. The van der Waals surface area contributed by atoms with Crippen molar-refractivity contribution in [2.24, 2.45) is 10.7 Å². The van der Waals surface area contributed by atoms with Gasteiger partial charge in [0.2, 0.25) is 5.95 Å². The number of alkyl halides is 1. The molecule has 0 aliphatic carbocycles. The first-order valence-corrected chi connectivity index (χ1v) is 17.8. The maximum absolute atomic E-state index is 5.93. The molecule has 52 heavy (non-hydrogen) atoms. The Labute approximate surface area is 324 Å². The Morgan fingerprint density at radius 1 is 0.750 bits per heavy atom. The van der Waals surface area contributed by atoms with E-state index in [4.69, 9.17) is 30.4 Å². The molecule has 2 aliphatic rings. The average molecular weight is 803 g/mol. The average Bonchev–Trinajstić information content (AvgIpc) is 3.88. The fraction of sp³-hybridized carbons (Fsp3) is 0.410. The zero-order valence-corrected chi connectivity index (χ0v) is 31.6. The number of hydrogen-bond donors (Lipinski definition) is 2. The zero-order valence-electron chi connectivity index (χ0n) is 29.2. The summed E-state index contributed by atoms with van der Waals surface area (Å²) in [5.74, 6) is 2.36. The Bertz CT molecular complexity index is 1750. The Hall–Kier alpha value is -3.78. The number of imidazole rings is 2. The highest BCUT2D eigenvalue weighted by molar-refractivity contribution is 9.09. The van der Waals surface area contributed by atoms with Crippen LogP contribution < -0.4 is 11.5 Å². The van der Waals surface area contributed by atoms with Crippen LogP contribution in [0.3, 0.4) is 0 Å². The number of hydrogen-bond acceptors (Lipinski definition) is 9. The summed E-state index contributed by atoms with van der Waals surface area (Å²) in [7, 11) is 0. The highest BCUT2D eigenvalue weighted by Crippen LogP contribution is 2.26. The number of fused-ring (bicyclic) bond motifs is 5. The van der Waals surface area contributed by atoms with E-state index in [2.05, 4.69) is 65.8 Å². The topological polar surface area (TPSA) is 137 Å². The minimum atomic E-state index is -0.292. The minimum absolute atomic E-state index is 0. The quantitative estimate of drug-likeness (QED) is 0.0984. The third kappa shape index (κ3) is 13.0. The van der Waals surface area contributed by atoms with Crippen molar-refractivity contribution < 1.29 is 18.9 Å². The fourth-order valence-electron chi connectivity index (χ4n) is 5.38. The summed E-state index contributed by atoms with van der Waals surface area (Å²) in [5, 5.41) is 0.745. The van der Waals surface area contributed by atoms with Crippen molar-refractivity contribution in [3.8, 4) is 5.69 Å². The summed E-state index contributed by atoms with van der Waals surface area (Å²) in [5.41, 5.74) is 18.3. The van der Waals surface area contributed by atoms with Crippen LogP contribution in [0.1, 0.15) is 59.5 Å². The third-order valence-corrected chi connectivity index (χ3v) is 8.02.